The van der Waals surface area contributed by atoms with E-state index >= 15 is 0 Å². The Balaban J connectivity index is 1.34. The topological polar surface area (TPSA) is 120 Å². The zero-order valence-electron chi connectivity index (χ0n) is 26.7. The summed E-state index contributed by atoms with van der Waals surface area (Å²) in [6.45, 7) is 11.2. The number of thioether (sulfide) groups is 1. The molecule has 3 aromatic rings. The number of nitrogens with zero attached hydrogens (tertiary/aromatic N) is 4. The largest absolute Gasteiger partial charge is 0.442 e. The predicted molar refractivity (Wildman–Crippen MR) is 173 cm³/mol. The second-order valence-electron chi connectivity index (χ2n) is 13.2. The van der Waals surface area contributed by atoms with Gasteiger partial charge in [-0.25, -0.2) is 4.79 Å². The van der Waals surface area contributed by atoms with E-state index in [1.807, 2.05) is 72.1 Å². The molecule has 2 unspecified atom stereocenters. The van der Waals surface area contributed by atoms with Crippen molar-refractivity contribution < 1.29 is 19.1 Å². The van der Waals surface area contributed by atoms with Crippen LogP contribution in [-0.2, 0) is 9.53 Å². The minimum Gasteiger partial charge on any atom is -0.442 e. The molecular weight excluding hydrogens is 576 g/mol. The first-order chi connectivity index (χ1) is 20.9. The van der Waals surface area contributed by atoms with E-state index in [2.05, 4.69) is 20.8 Å². The quantitative estimate of drug-likeness (QED) is 0.260. The molecule has 1 aromatic carbocycles. The summed E-state index contributed by atoms with van der Waals surface area (Å²) in [6, 6.07) is 8.64. The van der Waals surface area contributed by atoms with Crippen molar-refractivity contribution in [1.82, 2.24) is 24.9 Å². The third-order valence-electron chi connectivity index (χ3n) is 8.31. The first kappa shape index (κ1) is 31.8. The Hall–Kier alpha value is -3.60. The zero-order chi connectivity index (χ0) is 31.8. The van der Waals surface area contributed by atoms with Gasteiger partial charge in [0.05, 0.1) is 17.4 Å². The summed E-state index contributed by atoms with van der Waals surface area (Å²) in [4.78, 5) is 40.2. The van der Waals surface area contributed by atoms with Gasteiger partial charge < -0.3 is 15.4 Å². The van der Waals surface area contributed by atoms with Gasteiger partial charge >= 0.3 is 6.09 Å². The molecule has 2 amide bonds. The van der Waals surface area contributed by atoms with Gasteiger partial charge in [-0.05, 0) is 115 Å². The number of carbonyl (C=O) groups excluding carboxylic acids is 3. The van der Waals surface area contributed by atoms with E-state index < -0.39 is 17.7 Å². The van der Waals surface area contributed by atoms with Crippen molar-refractivity contribution in [2.75, 3.05) is 17.3 Å². The van der Waals surface area contributed by atoms with Gasteiger partial charge in [0.2, 0.25) is 5.91 Å². The summed E-state index contributed by atoms with van der Waals surface area (Å²) in [5.74, 6) is 1.37. The fourth-order valence-electron chi connectivity index (χ4n) is 6.08. The maximum atomic E-state index is 13.9. The Morgan fingerprint density at radius 3 is 2.25 bits per heavy atom. The van der Waals surface area contributed by atoms with Crippen molar-refractivity contribution in [3.8, 4) is 11.1 Å². The first-order valence-corrected chi connectivity index (χ1v) is 16.8. The van der Waals surface area contributed by atoms with Crippen LogP contribution in [0.4, 0.5) is 10.5 Å². The van der Waals surface area contributed by atoms with Gasteiger partial charge in [0.25, 0.3) is 5.91 Å². The average molecular weight is 621 g/mol. The number of hydrogen-bond donors (Lipinski definition) is 2. The summed E-state index contributed by atoms with van der Waals surface area (Å²) >= 11 is 1.70. The second kappa shape index (κ2) is 12.8. The van der Waals surface area contributed by atoms with E-state index in [1.54, 1.807) is 28.7 Å². The number of aryl methyl sites for hydroxylation is 1. The molecule has 236 valence electrons. The van der Waals surface area contributed by atoms with Crippen LogP contribution in [0.15, 0.2) is 36.5 Å². The van der Waals surface area contributed by atoms with E-state index in [9.17, 15) is 14.4 Å². The van der Waals surface area contributed by atoms with E-state index in [4.69, 9.17) is 4.74 Å². The van der Waals surface area contributed by atoms with Crippen molar-refractivity contribution >= 4 is 35.4 Å². The molecule has 2 heterocycles. The summed E-state index contributed by atoms with van der Waals surface area (Å²) < 4.78 is 8.56. The molecule has 0 aliphatic heterocycles. The smallest absolute Gasteiger partial charge is 0.435 e. The van der Waals surface area contributed by atoms with Crippen molar-refractivity contribution in [2.24, 2.45) is 17.8 Å². The molecule has 5 rings (SSSR count). The number of hydrogen-bond acceptors (Lipinski definition) is 7. The minimum atomic E-state index is -0.641. The Bertz CT molecular complexity index is 1500. The van der Waals surface area contributed by atoms with Crippen LogP contribution in [0.1, 0.15) is 81.3 Å². The van der Waals surface area contributed by atoms with Crippen molar-refractivity contribution in [3.05, 3.63) is 53.6 Å². The molecule has 0 bridgehead atoms. The molecule has 2 aromatic heterocycles. The van der Waals surface area contributed by atoms with Gasteiger partial charge in [-0.15, -0.1) is 0 Å². The number of carbonyl (C=O) groups is 3. The molecule has 44 heavy (non-hydrogen) atoms. The third-order valence-corrected chi connectivity index (χ3v) is 9.13. The van der Waals surface area contributed by atoms with E-state index in [1.165, 1.54) is 4.68 Å². The number of amides is 2. The highest BCUT2D eigenvalue weighted by atomic mass is 32.2. The van der Waals surface area contributed by atoms with Gasteiger partial charge in [0.15, 0.2) is 0 Å². The van der Waals surface area contributed by atoms with Crippen molar-refractivity contribution in [3.63, 3.8) is 0 Å². The minimum absolute atomic E-state index is 0.0534. The molecule has 0 radical (unpaired) electrons. The van der Waals surface area contributed by atoms with Crippen LogP contribution in [0.2, 0.25) is 0 Å². The Labute approximate surface area is 263 Å². The summed E-state index contributed by atoms with van der Waals surface area (Å²) in [7, 11) is 0. The van der Waals surface area contributed by atoms with Crippen molar-refractivity contribution in [2.45, 2.75) is 84.9 Å². The van der Waals surface area contributed by atoms with Gasteiger partial charge in [-0.2, -0.15) is 26.6 Å². The number of ether oxygens (including phenoxy) is 1. The highest BCUT2D eigenvalue weighted by molar-refractivity contribution is 7.98. The number of anilines is 1. The lowest BCUT2D eigenvalue weighted by Gasteiger charge is -2.28. The summed E-state index contributed by atoms with van der Waals surface area (Å²) in [5, 5.41) is 15.0. The second-order valence-corrected chi connectivity index (χ2v) is 14.1. The van der Waals surface area contributed by atoms with Gasteiger partial charge in [-0.3, -0.25) is 14.3 Å². The molecule has 10 nitrogen and oxygen atoms in total. The molecule has 2 saturated carbocycles. The monoisotopic (exact) mass is 620 g/mol. The molecule has 2 aliphatic carbocycles. The lowest BCUT2D eigenvalue weighted by atomic mass is 9.88. The summed E-state index contributed by atoms with van der Waals surface area (Å²) in [5.41, 5.74) is 3.57. The molecule has 2 atom stereocenters. The number of rotatable bonds is 11. The first-order valence-electron chi connectivity index (χ1n) is 15.4. The van der Waals surface area contributed by atoms with Crippen LogP contribution in [0.3, 0.4) is 0 Å². The molecule has 11 heteroatoms. The SMILES string of the molecule is CSCC(C)n1nccc1C(=O)NC(C(=O)Nc1ccc(-c2c(C)nn(C(=O)OC(C)(C)C)c2C)cc1)C(C1CC1)C1CC1. The molecule has 2 aliphatic rings. The fraction of sp³-hybridized carbons (Fsp3) is 0.545. The van der Waals surface area contributed by atoms with Crippen LogP contribution in [-0.4, -0.2) is 61.1 Å². The third kappa shape index (κ3) is 7.20. The highest BCUT2D eigenvalue weighted by Crippen LogP contribution is 2.51. The molecule has 0 saturated heterocycles. The van der Waals surface area contributed by atoms with Crippen molar-refractivity contribution in [1.29, 1.82) is 0 Å². The van der Waals surface area contributed by atoms with Gasteiger partial charge in [0.1, 0.15) is 17.3 Å². The molecular formula is C33H44N6O4S. The average Bonchev–Trinajstić information content (AvgIpc) is 3.89. The van der Waals surface area contributed by atoms with E-state index in [-0.39, 0.29) is 23.8 Å². The lowest BCUT2D eigenvalue weighted by Crippen LogP contribution is -2.50. The Morgan fingerprint density at radius 2 is 1.68 bits per heavy atom. The highest BCUT2D eigenvalue weighted by Gasteiger charge is 2.48. The predicted octanol–water partition coefficient (Wildman–Crippen LogP) is 6.24. The Morgan fingerprint density at radius 1 is 1.05 bits per heavy atom. The van der Waals surface area contributed by atoms with Crippen LogP contribution in [0, 0.1) is 31.6 Å². The van der Waals surface area contributed by atoms with Crippen LogP contribution >= 0.6 is 11.8 Å². The number of aromatic nitrogens is 4. The maximum absolute atomic E-state index is 13.9. The van der Waals surface area contributed by atoms with E-state index in [0.29, 0.717) is 34.6 Å². The van der Waals surface area contributed by atoms with Gasteiger partial charge in [0, 0.05) is 23.2 Å². The molecule has 0 spiro atoms. The zero-order valence-corrected chi connectivity index (χ0v) is 27.5. The standard InChI is InChI=1S/C33H44N6O4S/c1-19(18-44-7)38-26(16-17-34-38)30(40)36-29(28(23-8-9-23)24-10-11-24)31(41)35-25-14-12-22(13-15-25)27-20(2)37-39(21(27)3)32(42)43-33(4,5)6/h12-17,19,23-24,28-29H,8-11,18H2,1-7H3,(H,35,41)(H,36,40). The normalized spacial score (nSPS) is 16.5. The van der Waals surface area contributed by atoms with Gasteiger partial charge in [-0.1, -0.05) is 12.1 Å². The summed E-state index contributed by atoms with van der Waals surface area (Å²) in [6.07, 6.45) is 7.51. The molecule has 2 N–H and O–H groups in total. The number of benzene rings is 1. The van der Waals surface area contributed by atoms with E-state index in [0.717, 1.165) is 42.6 Å². The fourth-order valence-corrected chi connectivity index (χ4v) is 6.71. The maximum Gasteiger partial charge on any atom is 0.435 e. The van der Waals surface area contributed by atoms with Crippen LogP contribution < -0.4 is 10.6 Å². The van der Waals surface area contributed by atoms with Crippen LogP contribution in [0.5, 0.6) is 0 Å². The van der Waals surface area contributed by atoms with Crippen LogP contribution in [0.25, 0.3) is 11.1 Å². The lowest BCUT2D eigenvalue weighted by molar-refractivity contribution is -0.119. The molecule has 2 fully saturated rings. The Kier molecular flexibility index (Phi) is 9.25. The number of nitrogens with one attached hydrogen (secondary N) is 2.